The van der Waals surface area contributed by atoms with E-state index in [1.807, 2.05) is 19.1 Å². The van der Waals surface area contributed by atoms with Gasteiger partial charge in [-0.3, -0.25) is 10.0 Å². The van der Waals surface area contributed by atoms with Gasteiger partial charge >= 0.3 is 0 Å². The Morgan fingerprint density at radius 3 is 2.97 bits per heavy atom. The average molecular weight is 405 g/mol. The largest absolute Gasteiger partial charge is 0.497 e. The van der Waals surface area contributed by atoms with Gasteiger partial charge in [0.15, 0.2) is 0 Å². The lowest BCUT2D eigenvalue weighted by molar-refractivity contribution is -0.124. The number of nitrogens with one attached hydrogen (secondary N) is 3. The molecule has 3 aromatic rings. The van der Waals surface area contributed by atoms with E-state index >= 15 is 0 Å². The highest BCUT2D eigenvalue weighted by atomic mass is 16.5. The second-order valence-electron chi connectivity index (χ2n) is 7.74. The summed E-state index contributed by atoms with van der Waals surface area (Å²) in [5.74, 6) is 0.361. The van der Waals surface area contributed by atoms with Crippen molar-refractivity contribution in [2.75, 3.05) is 13.7 Å². The molecule has 4 rings (SSSR count). The fourth-order valence-electron chi connectivity index (χ4n) is 4.26. The minimum atomic E-state index is -0.512. The van der Waals surface area contributed by atoms with Crippen molar-refractivity contribution in [3.8, 4) is 5.75 Å². The first-order valence-corrected chi connectivity index (χ1v) is 10.2. The van der Waals surface area contributed by atoms with Gasteiger partial charge in [0.25, 0.3) is 5.91 Å². The lowest BCUT2D eigenvalue weighted by atomic mass is 10.00. The highest BCUT2D eigenvalue weighted by molar-refractivity contribution is 5.94. The Hall–Kier alpha value is -3.09. The number of ether oxygens (including phenoxy) is 1. The van der Waals surface area contributed by atoms with Crippen molar-refractivity contribution in [1.82, 2.24) is 15.8 Å². The van der Waals surface area contributed by atoms with Crippen molar-refractivity contribution in [3.05, 3.63) is 70.9 Å². The number of rotatable bonds is 7. The molecule has 30 heavy (non-hydrogen) atoms. The zero-order valence-electron chi connectivity index (χ0n) is 17.3. The number of amides is 1. The number of aryl methyl sites for hydroxylation is 1. The molecule has 6 heteroatoms. The number of benzene rings is 2. The van der Waals surface area contributed by atoms with Crippen molar-refractivity contribution in [1.29, 1.82) is 0 Å². The van der Waals surface area contributed by atoms with Gasteiger partial charge < -0.3 is 15.0 Å². The monoisotopic (exact) mass is 405 g/mol. The predicted octanol–water partition coefficient (Wildman–Crippen LogP) is 3.90. The highest BCUT2D eigenvalue weighted by Crippen LogP contribution is 2.33. The predicted molar refractivity (Wildman–Crippen MR) is 118 cm³/mol. The summed E-state index contributed by atoms with van der Waals surface area (Å²) < 4.78 is 5.36. The van der Waals surface area contributed by atoms with Crippen LogP contribution in [0.5, 0.6) is 5.75 Å². The molecule has 0 saturated carbocycles. The summed E-state index contributed by atoms with van der Waals surface area (Å²) in [4.78, 5) is 14.7. The molecule has 156 valence electrons. The second-order valence-corrected chi connectivity index (χ2v) is 7.74. The molecule has 0 saturated heterocycles. The molecule has 0 spiro atoms. The van der Waals surface area contributed by atoms with Gasteiger partial charge in [-0.25, -0.2) is 5.48 Å². The molecule has 1 aliphatic carbocycles. The molecule has 4 N–H and O–H groups in total. The minimum absolute atomic E-state index is 0.346. The Balaban J connectivity index is 1.41. The molecule has 0 radical (unpaired) electrons. The van der Waals surface area contributed by atoms with E-state index < -0.39 is 5.91 Å². The number of H-pyrrole nitrogens is 1. The SMILES string of the molecule is COc1ccc2[nH]cc(CCNC3CCc4cc(/C(C)=C\C(=O)NO)ccc43)c2c1. The van der Waals surface area contributed by atoms with E-state index in [9.17, 15) is 4.79 Å². The topological polar surface area (TPSA) is 86.4 Å². The fraction of sp³-hybridized carbons (Fsp3) is 0.292. The van der Waals surface area contributed by atoms with Crippen LogP contribution in [0, 0.1) is 0 Å². The first kappa shape index (κ1) is 20.2. The molecule has 1 atom stereocenters. The van der Waals surface area contributed by atoms with E-state index in [-0.39, 0.29) is 0 Å². The van der Waals surface area contributed by atoms with Crippen molar-refractivity contribution < 1.29 is 14.7 Å². The number of aromatic nitrogens is 1. The summed E-state index contributed by atoms with van der Waals surface area (Å²) in [5, 5.41) is 13.6. The maximum Gasteiger partial charge on any atom is 0.267 e. The third-order valence-corrected chi connectivity index (χ3v) is 5.89. The van der Waals surface area contributed by atoms with Gasteiger partial charge in [-0.1, -0.05) is 18.2 Å². The smallest absolute Gasteiger partial charge is 0.267 e. The quantitative estimate of drug-likeness (QED) is 0.273. The van der Waals surface area contributed by atoms with Gasteiger partial charge in [-0.05, 0) is 78.8 Å². The van der Waals surface area contributed by atoms with Crippen LogP contribution in [0.25, 0.3) is 16.5 Å². The Bertz CT molecular complexity index is 1100. The third kappa shape index (κ3) is 4.10. The van der Waals surface area contributed by atoms with Crippen LogP contribution >= 0.6 is 0 Å². The molecule has 2 aromatic carbocycles. The van der Waals surface area contributed by atoms with Gasteiger partial charge in [0.1, 0.15) is 5.75 Å². The summed E-state index contributed by atoms with van der Waals surface area (Å²) in [6.07, 6.45) is 6.51. The van der Waals surface area contributed by atoms with Crippen molar-refractivity contribution in [2.24, 2.45) is 0 Å². The molecule has 6 nitrogen and oxygen atoms in total. The molecule has 1 heterocycles. The molecule has 0 bridgehead atoms. The average Bonchev–Trinajstić information content (AvgIpc) is 3.36. The zero-order valence-corrected chi connectivity index (χ0v) is 17.3. The van der Waals surface area contributed by atoms with Gasteiger partial charge in [-0.15, -0.1) is 0 Å². The standard InChI is InChI=1S/C24H27N3O3/c1-15(11-24(28)27-29)16-3-6-20-17(12-16)4-7-22(20)25-10-9-18-14-26-23-8-5-19(30-2)13-21(18)23/h3,5-6,8,11-14,22,25-26,29H,4,7,9-10H2,1-2H3,(H,27,28)/b15-11-. The van der Waals surface area contributed by atoms with Crippen molar-refractivity contribution in [2.45, 2.75) is 32.2 Å². The van der Waals surface area contributed by atoms with Crippen LogP contribution in [0.1, 0.15) is 41.6 Å². The summed E-state index contributed by atoms with van der Waals surface area (Å²) in [6, 6.07) is 12.8. The molecule has 0 aliphatic heterocycles. The van der Waals surface area contributed by atoms with Crippen LogP contribution in [0.15, 0.2) is 48.7 Å². The van der Waals surface area contributed by atoms with Crippen molar-refractivity contribution in [3.63, 3.8) is 0 Å². The molecular formula is C24H27N3O3. The van der Waals surface area contributed by atoms with E-state index in [4.69, 9.17) is 9.94 Å². The highest BCUT2D eigenvalue weighted by Gasteiger charge is 2.22. The van der Waals surface area contributed by atoms with Crippen LogP contribution in [-0.4, -0.2) is 29.8 Å². The van der Waals surface area contributed by atoms with Crippen LogP contribution in [0.4, 0.5) is 0 Å². The number of hydrogen-bond donors (Lipinski definition) is 4. The van der Waals surface area contributed by atoms with E-state index in [0.717, 1.165) is 48.2 Å². The number of carbonyl (C=O) groups is 1. The molecule has 1 unspecified atom stereocenters. The lowest BCUT2D eigenvalue weighted by Crippen LogP contribution is -2.21. The first-order valence-electron chi connectivity index (χ1n) is 10.2. The fourth-order valence-corrected chi connectivity index (χ4v) is 4.26. The Labute approximate surface area is 175 Å². The van der Waals surface area contributed by atoms with Gasteiger partial charge in [-0.2, -0.15) is 0 Å². The Morgan fingerprint density at radius 1 is 1.30 bits per heavy atom. The number of carbonyl (C=O) groups excluding carboxylic acids is 1. The van der Waals surface area contributed by atoms with Crippen molar-refractivity contribution >= 4 is 22.4 Å². The Kier molecular flexibility index (Phi) is 5.88. The summed E-state index contributed by atoms with van der Waals surface area (Å²) in [5.41, 5.74) is 8.54. The van der Waals surface area contributed by atoms with E-state index in [1.165, 1.54) is 28.2 Å². The van der Waals surface area contributed by atoms with Crippen LogP contribution < -0.4 is 15.5 Å². The van der Waals surface area contributed by atoms with Crippen LogP contribution in [0.2, 0.25) is 0 Å². The molecule has 1 aliphatic rings. The number of allylic oxidation sites excluding steroid dienone is 1. The Morgan fingerprint density at radius 2 is 2.17 bits per heavy atom. The molecule has 0 fully saturated rings. The maximum absolute atomic E-state index is 11.4. The van der Waals surface area contributed by atoms with Crippen LogP contribution in [0.3, 0.4) is 0 Å². The normalized spacial score (nSPS) is 16.0. The number of fused-ring (bicyclic) bond motifs is 2. The molecule has 1 aromatic heterocycles. The van der Waals surface area contributed by atoms with Gasteiger partial charge in [0.05, 0.1) is 7.11 Å². The summed E-state index contributed by atoms with van der Waals surface area (Å²) >= 11 is 0. The summed E-state index contributed by atoms with van der Waals surface area (Å²) in [6.45, 7) is 2.77. The van der Waals surface area contributed by atoms with Gasteiger partial charge in [0, 0.05) is 29.2 Å². The van der Waals surface area contributed by atoms with E-state index in [1.54, 1.807) is 12.6 Å². The molecule has 1 amide bonds. The number of aromatic amines is 1. The second kappa shape index (κ2) is 8.73. The van der Waals surface area contributed by atoms with Crippen LogP contribution in [-0.2, 0) is 17.6 Å². The number of methoxy groups -OCH3 is 1. The third-order valence-electron chi connectivity index (χ3n) is 5.89. The van der Waals surface area contributed by atoms with E-state index in [0.29, 0.717) is 6.04 Å². The minimum Gasteiger partial charge on any atom is -0.497 e. The lowest BCUT2D eigenvalue weighted by Gasteiger charge is -2.14. The molecular weight excluding hydrogens is 378 g/mol. The van der Waals surface area contributed by atoms with Gasteiger partial charge in [0.2, 0.25) is 0 Å². The maximum atomic E-state index is 11.4. The number of hydroxylamine groups is 1. The number of hydrogen-bond acceptors (Lipinski definition) is 4. The van der Waals surface area contributed by atoms with E-state index in [2.05, 4.69) is 40.8 Å². The zero-order chi connectivity index (χ0) is 21.1. The summed E-state index contributed by atoms with van der Waals surface area (Å²) in [7, 11) is 1.69. The first-order chi connectivity index (χ1) is 14.6.